The highest BCUT2D eigenvalue weighted by molar-refractivity contribution is 4.89. The van der Waals surface area contributed by atoms with E-state index in [1.54, 1.807) is 0 Å². The average molecular weight is 199 g/mol. The molecule has 0 heterocycles. The summed E-state index contributed by atoms with van der Waals surface area (Å²) in [6.45, 7) is 9.26. The monoisotopic (exact) mass is 199 g/mol. The van der Waals surface area contributed by atoms with Crippen LogP contribution in [0.1, 0.15) is 47.0 Å². The lowest BCUT2D eigenvalue weighted by atomic mass is 9.84. The maximum absolute atomic E-state index is 9.03. The summed E-state index contributed by atoms with van der Waals surface area (Å²) in [5, 5.41) is 12.7. The van der Waals surface area contributed by atoms with Crippen molar-refractivity contribution in [2.24, 2.45) is 11.3 Å². The highest BCUT2D eigenvalue weighted by atomic mass is 16.3. The molecule has 14 heavy (non-hydrogen) atoms. The summed E-state index contributed by atoms with van der Waals surface area (Å²) in [7, 11) is 0. The Kier molecular flexibility index (Phi) is 3.96. The van der Waals surface area contributed by atoms with Crippen molar-refractivity contribution in [2.45, 2.75) is 59.0 Å². The molecule has 0 aliphatic heterocycles. The van der Waals surface area contributed by atoms with Crippen molar-refractivity contribution in [1.29, 1.82) is 0 Å². The van der Waals surface area contributed by atoms with Crippen LogP contribution >= 0.6 is 0 Å². The summed E-state index contributed by atoms with van der Waals surface area (Å²) in [6, 6.07) is 1.05. The first-order chi connectivity index (χ1) is 6.45. The van der Waals surface area contributed by atoms with Gasteiger partial charge in [0.1, 0.15) is 0 Å². The van der Waals surface area contributed by atoms with Crippen LogP contribution in [0.25, 0.3) is 0 Å². The van der Waals surface area contributed by atoms with Crippen LogP contribution < -0.4 is 5.32 Å². The van der Waals surface area contributed by atoms with Gasteiger partial charge in [0.05, 0.1) is 0 Å². The zero-order valence-corrected chi connectivity index (χ0v) is 10.0. The maximum Gasteiger partial charge on any atom is 0.0446 e. The van der Waals surface area contributed by atoms with Crippen LogP contribution in [0, 0.1) is 11.3 Å². The van der Waals surface area contributed by atoms with E-state index in [0.717, 1.165) is 12.3 Å². The third kappa shape index (κ3) is 3.58. The minimum absolute atomic E-state index is 0.242. The molecule has 2 N–H and O–H groups in total. The Hall–Kier alpha value is -0.0800. The van der Waals surface area contributed by atoms with Gasteiger partial charge in [-0.25, -0.2) is 0 Å². The van der Waals surface area contributed by atoms with Crippen LogP contribution in [0.5, 0.6) is 0 Å². The fraction of sp³-hybridized carbons (Fsp3) is 1.00. The molecule has 1 aliphatic rings. The van der Waals surface area contributed by atoms with Crippen LogP contribution in [0.2, 0.25) is 0 Å². The highest BCUT2D eigenvalue weighted by Crippen LogP contribution is 2.33. The Balaban J connectivity index is 2.41. The third-order valence-electron chi connectivity index (χ3n) is 3.26. The lowest BCUT2D eigenvalue weighted by Gasteiger charge is -2.34. The van der Waals surface area contributed by atoms with Gasteiger partial charge >= 0.3 is 0 Å². The van der Waals surface area contributed by atoms with Gasteiger partial charge in [-0.15, -0.1) is 0 Å². The Morgan fingerprint density at radius 3 is 2.29 bits per heavy atom. The first-order valence-corrected chi connectivity index (χ1v) is 5.82. The van der Waals surface area contributed by atoms with Gasteiger partial charge in [-0.2, -0.15) is 0 Å². The molecule has 2 nitrogen and oxygen atoms in total. The van der Waals surface area contributed by atoms with Gasteiger partial charge in [-0.1, -0.05) is 20.8 Å². The minimum Gasteiger partial charge on any atom is -0.396 e. The van der Waals surface area contributed by atoms with E-state index >= 15 is 0 Å². The first-order valence-electron chi connectivity index (χ1n) is 5.82. The first kappa shape index (κ1) is 12.0. The van der Waals surface area contributed by atoms with Crippen LogP contribution in [0.4, 0.5) is 0 Å². The van der Waals surface area contributed by atoms with E-state index in [2.05, 4.69) is 33.0 Å². The molecule has 0 aromatic heterocycles. The van der Waals surface area contributed by atoms with Crippen LogP contribution in [-0.4, -0.2) is 23.8 Å². The summed E-state index contributed by atoms with van der Waals surface area (Å²) in [6.07, 6.45) is 3.62. The summed E-state index contributed by atoms with van der Waals surface area (Å²) in [5.41, 5.74) is 0.242. The van der Waals surface area contributed by atoms with E-state index in [0.29, 0.717) is 12.1 Å². The Bertz CT molecular complexity index is 170. The normalized spacial score (nSPS) is 22.1. The fourth-order valence-corrected chi connectivity index (χ4v) is 1.95. The average Bonchev–Trinajstić information content (AvgIpc) is 2.83. The third-order valence-corrected chi connectivity index (χ3v) is 3.26. The van der Waals surface area contributed by atoms with E-state index in [4.69, 9.17) is 5.11 Å². The predicted molar refractivity (Wildman–Crippen MR) is 60.3 cm³/mol. The van der Waals surface area contributed by atoms with Gasteiger partial charge < -0.3 is 10.4 Å². The Labute approximate surface area is 88.1 Å². The molecule has 0 radical (unpaired) electrons. The summed E-state index contributed by atoms with van der Waals surface area (Å²) in [5.74, 6) is 0.888. The molecular weight excluding hydrogens is 174 g/mol. The van der Waals surface area contributed by atoms with Gasteiger partial charge in [0, 0.05) is 18.7 Å². The van der Waals surface area contributed by atoms with Crippen molar-refractivity contribution < 1.29 is 5.11 Å². The molecule has 2 atom stereocenters. The molecule has 1 aliphatic carbocycles. The van der Waals surface area contributed by atoms with Crippen molar-refractivity contribution in [3.8, 4) is 0 Å². The molecule has 1 saturated carbocycles. The summed E-state index contributed by atoms with van der Waals surface area (Å²) >= 11 is 0. The zero-order valence-electron chi connectivity index (χ0n) is 10.0. The molecule has 0 spiro atoms. The van der Waals surface area contributed by atoms with Crippen LogP contribution in [0.3, 0.4) is 0 Å². The number of rotatable bonds is 5. The Morgan fingerprint density at radius 2 is 1.93 bits per heavy atom. The number of aliphatic hydroxyl groups is 1. The molecule has 2 unspecified atom stereocenters. The van der Waals surface area contributed by atoms with Crippen molar-refractivity contribution in [2.75, 3.05) is 6.61 Å². The second kappa shape index (κ2) is 4.63. The number of aliphatic hydroxyl groups excluding tert-OH is 1. The van der Waals surface area contributed by atoms with Gasteiger partial charge in [0.15, 0.2) is 0 Å². The number of hydrogen-bond acceptors (Lipinski definition) is 2. The van der Waals surface area contributed by atoms with E-state index < -0.39 is 0 Å². The number of hydrogen-bond donors (Lipinski definition) is 2. The predicted octanol–water partition coefficient (Wildman–Crippen LogP) is 2.17. The van der Waals surface area contributed by atoms with Gasteiger partial charge in [0.2, 0.25) is 0 Å². The maximum atomic E-state index is 9.03. The van der Waals surface area contributed by atoms with Crippen LogP contribution in [-0.2, 0) is 0 Å². The minimum atomic E-state index is 0.242. The smallest absolute Gasteiger partial charge is 0.0446 e. The largest absolute Gasteiger partial charge is 0.396 e. The molecule has 0 aromatic rings. The lowest BCUT2D eigenvalue weighted by molar-refractivity contribution is 0.184. The summed E-state index contributed by atoms with van der Waals surface area (Å²) < 4.78 is 0. The molecule has 0 amide bonds. The van der Waals surface area contributed by atoms with Crippen molar-refractivity contribution >= 4 is 0 Å². The van der Waals surface area contributed by atoms with E-state index in [-0.39, 0.29) is 12.0 Å². The number of nitrogens with one attached hydrogen (secondary N) is 1. The lowest BCUT2D eigenvalue weighted by Crippen LogP contribution is -2.46. The standard InChI is InChI=1S/C12H25NO/c1-9(10-5-6-10)13-11(7-8-14)12(2,3)4/h9-11,13-14H,5-8H2,1-4H3. The van der Waals surface area contributed by atoms with E-state index in [1.165, 1.54) is 12.8 Å². The topological polar surface area (TPSA) is 32.3 Å². The van der Waals surface area contributed by atoms with Crippen molar-refractivity contribution in [1.82, 2.24) is 5.32 Å². The van der Waals surface area contributed by atoms with Crippen molar-refractivity contribution in [3.05, 3.63) is 0 Å². The molecular formula is C12H25NO. The molecule has 2 heteroatoms. The zero-order chi connectivity index (χ0) is 10.8. The van der Waals surface area contributed by atoms with E-state index in [1.807, 2.05) is 0 Å². The molecule has 1 rings (SSSR count). The molecule has 0 saturated heterocycles. The second-order valence-electron chi connectivity index (χ2n) is 5.72. The van der Waals surface area contributed by atoms with Gasteiger partial charge in [-0.3, -0.25) is 0 Å². The van der Waals surface area contributed by atoms with Gasteiger partial charge in [-0.05, 0) is 37.5 Å². The molecule has 84 valence electrons. The van der Waals surface area contributed by atoms with Gasteiger partial charge in [0.25, 0.3) is 0 Å². The SMILES string of the molecule is CC(NC(CCO)C(C)(C)C)C1CC1. The second-order valence-corrected chi connectivity index (χ2v) is 5.72. The molecule has 0 bridgehead atoms. The highest BCUT2D eigenvalue weighted by Gasteiger charge is 2.32. The van der Waals surface area contributed by atoms with Crippen LogP contribution in [0.15, 0.2) is 0 Å². The molecule has 1 fully saturated rings. The summed E-state index contributed by atoms with van der Waals surface area (Å²) in [4.78, 5) is 0. The van der Waals surface area contributed by atoms with Crippen molar-refractivity contribution in [3.63, 3.8) is 0 Å². The quantitative estimate of drug-likeness (QED) is 0.711. The van der Waals surface area contributed by atoms with E-state index in [9.17, 15) is 0 Å². The molecule has 0 aromatic carbocycles. The Morgan fingerprint density at radius 1 is 1.36 bits per heavy atom. The fourth-order valence-electron chi connectivity index (χ4n) is 1.95.